The number of nitrogens with one attached hydrogen (secondary N) is 6. The second-order valence-corrected chi connectivity index (χ2v) is 28.7. The van der Waals surface area contributed by atoms with E-state index in [1.807, 2.05) is 125 Å². The molecular formula is C86H85F3N30O7S. The number of rotatable bonds is 21. The number of nitrogens with two attached hydrogens (primary N) is 6. The molecule has 12 heterocycles. The van der Waals surface area contributed by atoms with E-state index in [1.54, 1.807) is 106 Å². The molecule has 0 aliphatic rings. The van der Waals surface area contributed by atoms with Crippen LogP contribution in [0, 0.1) is 38.2 Å². The topological polar surface area (TPSA) is 544 Å². The molecule has 41 heteroatoms. The number of pyridine rings is 2. The second kappa shape index (κ2) is 40.8. The number of hydrogen-bond donors (Lipinski definition) is 12. The first-order valence-electron chi connectivity index (χ1n) is 38.9. The predicted molar refractivity (Wildman–Crippen MR) is 480 cm³/mol. The molecule has 0 aliphatic heterocycles. The van der Waals surface area contributed by atoms with Gasteiger partial charge in [-0.25, -0.2) is 52.9 Å². The van der Waals surface area contributed by atoms with Gasteiger partial charge < -0.3 is 94.1 Å². The van der Waals surface area contributed by atoms with Gasteiger partial charge in [0.25, 0.3) is 0 Å². The third kappa shape index (κ3) is 22.6. The van der Waals surface area contributed by atoms with Crippen molar-refractivity contribution in [2.75, 3.05) is 87.6 Å². The molecule has 648 valence electrons. The highest BCUT2D eigenvalue weighted by Crippen LogP contribution is 2.36. The number of carbonyl (C=O) groups excluding carboxylic acids is 1. The molecule has 0 bridgehead atoms. The number of esters is 1. The fourth-order valence-corrected chi connectivity index (χ4v) is 13.4. The number of anilines is 12. The first kappa shape index (κ1) is 88.2. The van der Waals surface area contributed by atoms with Crippen LogP contribution in [-0.2, 0) is 24.4 Å². The Kier molecular flexibility index (Phi) is 28.4. The lowest BCUT2D eigenvalue weighted by molar-refractivity contribution is 0.0600. The molecule has 0 unspecified atom stereocenters. The van der Waals surface area contributed by atoms with Crippen LogP contribution in [0.2, 0.25) is 0 Å². The maximum absolute atomic E-state index is 13.9. The number of methoxy groups -OCH3 is 3. The molecule has 0 radical (unpaired) electrons. The minimum absolute atomic E-state index is 0.0208. The largest absolute Gasteiger partial charge is 0.496 e. The number of aryl methyl sites for hydroxylation is 3. The molecule has 3 atom stereocenters. The Morgan fingerprint density at radius 3 is 1.32 bits per heavy atom. The predicted octanol–water partition coefficient (Wildman–Crippen LogP) is 15.0. The van der Waals surface area contributed by atoms with Gasteiger partial charge in [-0.05, 0) is 145 Å². The van der Waals surface area contributed by atoms with Crippen LogP contribution >= 0.6 is 11.3 Å². The van der Waals surface area contributed by atoms with E-state index in [0.29, 0.717) is 116 Å². The van der Waals surface area contributed by atoms with Gasteiger partial charge in [0.1, 0.15) is 109 Å². The number of para-hydroxylation sites is 1. The summed E-state index contributed by atoms with van der Waals surface area (Å²) >= 11 is 1.59. The Hall–Kier alpha value is -16.6. The van der Waals surface area contributed by atoms with E-state index >= 15 is 0 Å². The fraction of sp³-hybridized carbons (Fsp3) is 0.174. The van der Waals surface area contributed by atoms with Crippen molar-refractivity contribution in [3.05, 3.63) is 262 Å². The number of nitrogens with zero attached hydrogens (tertiary/aromatic N) is 18. The van der Waals surface area contributed by atoms with Crippen molar-refractivity contribution < 1.29 is 45.7 Å². The van der Waals surface area contributed by atoms with Crippen LogP contribution in [0.1, 0.15) is 100 Å². The van der Waals surface area contributed by atoms with Gasteiger partial charge in [-0.3, -0.25) is 9.97 Å². The Morgan fingerprint density at radius 1 is 0.402 bits per heavy atom. The van der Waals surface area contributed by atoms with Crippen LogP contribution in [0.25, 0.3) is 65.4 Å². The summed E-state index contributed by atoms with van der Waals surface area (Å²) in [6, 6.07) is 46.6. The summed E-state index contributed by atoms with van der Waals surface area (Å²) in [6.07, 6.45) is 5.24. The second-order valence-electron chi connectivity index (χ2n) is 27.8. The number of fused-ring (bicyclic) bond motifs is 6. The first-order valence-corrected chi connectivity index (χ1v) is 39.7. The molecule has 18 N–H and O–H groups in total. The highest BCUT2D eigenvalue weighted by Gasteiger charge is 2.21. The van der Waals surface area contributed by atoms with Crippen molar-refractivity contribution in [3.8, 4) is 11.5 Å². The molecule has 18 rings (SSSR count). The smallest absolute Gasteiger partial charge is 0.337 e. The third-order valence-electron chi connectivity index (χ3n) is 18.5. The Balaban J connectivity index is 0.000000131. The minimum Gasteiger partial charge on any atom is -0.496 e. The van der Waals surface area contributed by atoms with Gasteiger partial charge in [0.2, 0.25) is 35.7 Å². The van der Waals surface area contributed by atoms with Crippen LogP contribution in [0.4, 0.5) is 83.8 Å². The van der Waals surface area contributed by atoms with Crippen molar-refractivity contribution in [2.45, 2.75) is 79.3 Å². The lowest BCUT2D eigenvalue weighted by Crippen LogP contribution is -2.11. The summed E-state index contributed by atoms with van der Waals surface area (Å²) in [5.74, 6) is 5.96. The van der Waals surface area contributed by atoms with Gasteiger partial charge in [-0.1, -0.05) is 51.9 Å². The first-order chi connectivity index (χ1) is 61.3. The fourth-order valence-electron chi connectivity index (χ4n) is 12.8. The molecule has 0 aliphatic carbocycles. The summed E-state index contributed by atoms with van der Waals surface area (Å²) in [5, 5.41) is 37.7. The quantitative estimate of drug-likeness (QED) is 0.0297. The lowest BCUT2D eigenvalue weighted by Gasteiger charge is -2.16. The molecule has 127 heavy (non-hydrogen) atoms. The van der Waals surface area contributed by atoms with E-state index < -0.39 is 17.6 Å². The van der Waals surface area contributed by atoms with Crippen molar-refractivity contribution in [2.24, 2.45) is 0 Å². The van der Waals surface area contributed by atoms with E-state index in [0.717, 1.165) is 66.5 Å². The van der Waals surface area contributed by atoms with Crippen LogP contribution in [0.3, 0.4) is 0 Å². The molecule has 0 saturated heterocycles. The summed E-state index contributed by atoms with van der Waals surface area (Å²) in [5.41, 5.74) is 41.8. The zero-order valence-corrected chi connectivity index (χ0v) is 70.5. The molecule has 6 aromatic carbocycles. The molecular weight excluding hydrogens is 1650 g/mol. The summed E-state index contributed by atoms with van der Waals surface area (Å²) < 4.78 is 71.4. The zero-order chi connectivity index (χ0) is 89.8. The van der Waals surface area contributed by atoms with Crippen LogP contribution in [0.5, 0.6) is 11.5 Å². The van der Waals surface area contributed by atoms with Crippen molar-refractivity contribution in [3.63, 3.8) is 0 Å². The highest BCUT2D eigenvalue weighted by atomic mass is 32.1. The average Bonchev–Trinajstić information content (AvgIpc) is 1.49. The normalized spacial score (nSPS) is 11.5. The van der Waals surface area contributed by atoms with Gasteiger partial charge >= 0.3 is 5.97 Å². The standard InChI is InChI=1S/C17H17N5O2.C15H14FN5.C14H15N5O2.C14H15N5OS.2C13H12FN5O/c1-10(13-5-3-4-8-19-13)20-15-12-7-6-11(16(23)24-2)9-14(12)21-17(18)22-15;1-9(12-7-2-3-8-18-12)19-14-10-5-4-6-11(16)13(10)20-15(17)21-14;1-8-6-9(19-21-8)7-16-13-12-10(17-14(15)18-13)4-3-5-11(12)20-2;1-8(13-16-6-7-21-13)17-12-11-9(18-14(15)19-12)4-3-5-10(11)20-2;1-7-4-9(19-20-7)6-16-12-10-3-2-8(14)5-11(10)17-13(15)18-12;1-7-5-8(19-20-7)6-16-12-11-9(14)3-2-4-10(11)17-13(15)18-12/h3-10H,1-2H3,(H3,18,20,21,22);2-9H,1H3,(H3,17,19,20,21);3-6H,7H2,1-2H3,(H3,15,16,17,18);3-8H,1-2H3,(H3,15,17,18,19);2*2-5H,6H2,1H3,(H3,15,16,17,18)/t10-;9-;;8-;;/m11.1../s1. The Morgan fingerprint density at radius 2 is 0.827 bits per heavy atom. The van der Waals surface area contributed by atoms with E-state index in [2.05, 4.69) is 122 Å². The van der Waals surface area contributed by atoms with Gasteiger partial charge in [0.05, 0.1) is 120 Å². The van der Waals surface area contributed by atoms with Crippen LogP contribution in [-0.4, -0.2) is 118 Å². The molecule has 0 spiro atoms. The van der Waals surface area contributed by atoms with Gasteiger partial charge in [0, 0.05) is 64.4 Å². The van der Waals surface area contributed by atoms with Gasteiger partial charge in [0.15, 0.2) is 0 Å². The molecule has 12 aromatic heterocycles. The summed E-state index contributed by atoms with van der Waals surface area (Å²) in [7, 11) is 4.57. The van der Waals surface area contributed by atoms with E-state index in [9.17, 15) is 18.0 Å². The monoisotopic (exact) mass is 1740 g/mol. The minimum atomic E-state index is -0.426. The van der Waals surface area contributed by atoms with Crippen molar-refractivity contribution in [1.82, 2.24) is 90.2 Å². The van der Waals surface area contributed by atoms with Crippen LogP contribution in [0.15, 0.2) is 201 Å². The number of benzene rings is 6. The molecule has 0 saturated carbocycles. The molecule has 37 nitrogen and oxygen atoms in total. The lowest BCUT2D eigenvalue weighted by atomic mass is 10.1. The Bertz CT molecular complexity index is 6830. The van der Waals surface area contributed by atoms with Crippen molar-refractivity contribution in [1.29, 1.82) is 0 Å². The summed E-state index contributed by atoms with van der Waals surface area (Å²) in [4.78, 5) is 74.4. The molecule has 0 amide bonds. The SMILES string of the molecule is COC(=O)c1ccc2c(N[C@H](C)c3ccccn3)nc(N)nc2c1.COc1cccc2nc(N)nc(NCc3cc(C)on3)c12.COc1cccc2nc(N)nc(N[C@H](C)c3nccs3)c12.C[C@@H](Nc1nc(N)nc2c(F)cccc12)c1ccccn1.Cc1cc(CNc2nc(N)nc3cc(F)ccc23)no1.Cc1cc(CNc2nc(N)nc3cccc(F)c23)no1. The number of aromatic nitrogens is 18. The Labute approximate surface area is 725 Å². The van der Waals surface area contributed by atoms with Crippen molar-refractivity contribution >= 4 is 153 Å². The van der Waals surface area contributed by atoms with Crippen LogP contribution < -0.4 is 75.8 Å². The maximum atomic E-state index is 13.9. The number of hydrogen-bond acceptors (Lipinski definition) is 38. The number of nitrogen functional groups attached to an aromatic ring is 6. The maximum Gasteiger partial charge on any atom is 0.337 e. The summed E-state index contributed by atoms with van der Waals surface area (Å²) in [6.45, 7) is 12.7. The molecule has 0 fully saturated rings. The number of thiazole rings is 1. The van der Waals surface area contributed by atoms with E-state index in [4.69, 9.17) is 62.2 Å². The van der Waals surface area contributed by atoms with Gasteiger partial charge in [-0.2, -0.15) is 29.9 Å². The average molecular weight is 1740 g/mol. The number of halogens is 3. The third-order valence-corrected chi connectivity index (χ3v) is 19.5. The zero-order valence-electron chi connectivity index (χ0n) is 69.7. The van der Waals surface area contributed by atoms with Gasteiger partial charge in [-0.15, -0.1) is 11.3 Å². The molecule has 18 aromatic rings. The highest BCUT2D eigenvalue weighted by molar-refractivity contribution is 7.09. The number of carbonyl (C=O) groups is 1. The number of ether oxygens (including phenoxy) is 3. The van der Waals surface area contributed by atoms with E-state index in [-0.39, 0.29) is 65.1 Å². The van der Waals surface area contributed by atoms with E-state index in [1.165, 1.54) is 31.4 Å².